The summed E-state index contributed by atoms with van der Waals surface area (Å²) in [5, 5.41) is 2.84. The number of amides is 3. The van der Waals surface area contributed by atoms with Gasteiger partial charge in [-0.1, -0.05) is 26.7 Å². The SMILES string of the molecule is CC(C)CN1C[C@@H](C(=O)NC2(C(N)=O)CCCC2)CC1=O. The van der Waals surface area contributed by atoms with Crippen molar-refractivity contribution in [1.29, 1.82) is 0 Å². The molecule has 1 atom stereocenters. The van der Waals surface area contributed by atoms with Crippen LogP contribution in [0.3, 0.4) is 0 Å². The minimum Gasteiger partial charge on any atom is -0.368 e. The van der Waals surface area contributed by atoms with Gasteiger partial charge < -0.3 is 16.0 Å². The molecule has 118 valence electrons. The van der Waals surface area contributed by atoms with Crippen LogP contribution in [0.5, 0.6) is 0 Å². The Labute approximate surface area is 125 Å². The van der Waals surface area contributed by atoms with Crippen LogP contribution in [0.4, 0.5) is 0 Å². The van der Waals surface area contributed by atoms with Crippen LogP contribution in [-0.4, -0.2) is 41.2 Å². The average Bonchev–Trinajstić information content (AvgIpc) is 2.98. The van der Waals surface area contributed by atoms with E-state index in [2.05, 4.69) is 5.32 Å². The van der Waals surface area contributed by atoms with Crippen LogP contribution in [0, 0.1) is 11.8 Å². The van der Waals surface area contributed by atoms with Gasteiger partial charge in [0, 0.05) is 19.5 Å². The normalized spacial score (nSPS) is 24.6. The number of primary amides is 1. The number of likely N-dealkylation sites (tertiary alicyclic amines) is 1. The Bertz CT molecular complexity index is 441. The molecule has 0 unspecified atom stereocenters. The summed E-state index contributed by atoms with van der Waals surface area (Å²) in [6.07, 6.45) is 3.22. The van der Waals surface area contributed by atoms with Gasteiger partial charge in [-0.15, -0.1) is 0 Å². The van der Waals surface area contributed by atoms with Gasteiger partial charge >= 0.3 is 0 Å². The number of nitrogens with one attached hydrogen (secondary N) is 1. The van der Waals surface area contributed by atoms with Gasteiger partial charge in [-0.05, 0) is 18.8 Å². The molecule has 0 bridgehead atoms. The van der Waals surface area contributed by atoms with Crippen LogP contribution in [-0.2, 0) is 14.4 Å². The number of nitrogens with two attached hydrogens (primary N) is 1. The lowest BCUT2D eigenvalue weighted by molar-refractivity contribution is -0.133. The van der Waals surface area contributed by atoms with E-state index in [1.165, 1.54) is 0 Å². The van der Waals surface area contributed by atoms with Crippen molar-refractivity contribution in [2.75, 3.05) is 13.1 Å². The van der Waals surface area contributed by atoms with Crippen LogP contribution >= 0.6 is 0 Å². The van der Waals surface area contributed by atoms with Crippen molar-refractivity contribution in [3.63, 3.8) is 0 Å². The molecule has 1 aliphatic carbocycles. The predicted molar refractivity (Wildman–Crippen MR) is 78.1 cm³/mol. The number of nitrogens with zero attached hydrogens (tertiary/aromatic N) is 1. The van der Waals surface area contributed by atoms with E-state index in [1.54, 1.807) is 4.90 Å². The first-order chi connectivity index (χ1) is 9.84. The number of rotatable bonds is 5. The molecule has 2 rings (SSSR count). The fraction of sp³-hybridized carbons (Fsp3) is 0.800. The summed E-state index contributed by atoms with van der Waals surface area (Å²) in [5.74, 6) is -0.647. The maximum Gasteiger partial charge on any atom is 0.243 e. The smallest absolute Gasteiger partial charge is 0.243 e. The molecule has 1 saturated heterocycles. The predicted octanol–water partition coefficient (Wildman–Crippen LogP) is 0.405. The maximum atomic E-state index is 12.4. The first kappa shape index (κ1) is 15.8. The Morgan fingerprint density at radius 1 is 1.38 bits per heavy atom. The van der Waals surface area contributed by atoms with Gasteiger partial charge in [0.1, 0.15) is 5.54 Å². The molecule has 2 aliphatic rings. The first-order valence-corrected chi connectivity index (χ1v) is 7.74. The molecule has 1 aliphatic heterocycles. The quantitative estimate of drug-likeness (QED) is 0.769. The summed E-state index contributed by atoms with van der Waals surface area (Å²) in [6, 6.07) is 0. The molecule has 2 fully saturated rings. The van der Waals surface area contributed by atoms with Crippen LogP contribution < -0.4 is 11.1 Å². The van der Waals surface area contributed by atoms with Gasteiger partial charge in [0.25, 0.3) is 0 Å². The fourth-order valence-corrected chi connectivity index (χ4v) is 3.31. The second kappa shape index (κ2) is 6.03. The molecular weight excluding hydrogens is 270 g/mol. The Kier molecular flexibility index (Phi) is 4.54. The molecule has 1 heterocycles. The molecule has 3 N–H and O–H groups in total. The Morgan fingerprint density at radius 2 is 2.00 bits per heavy atom. The second-order valence-electron chi connectivity index (χ2n) is 6.74. The minimum absolute atomic E-state index is 0.0170. The minimum atomic E-state index is -0.897. The summed E-state index contributed by atoms with van der Waals surface area (Å²) in [5.41, 5.74) is 4.57. The molecule has 0 aromatic carbocycles. The summed E-state index contributed by atoms with van der Waals surface area (Å²) in [4.78, 5) is 37.7. The van der Waals surface area contributed by atoms with Crippen molar-refractivity contribution >= 4 is 17.7 Å². The van der Waals surface area contributed by atoms with Crippen molar-refractivity contribution in [2.45, 2.75) is 51.5 Å². The third kappa shape index (κ3) is 3.36. The van der Waals surface area contributed by atoms with Crippen LogP contribution in [0.15, 0.2) is 0 Å². The molecule has 3 amide bonds. The number of hydrogen-bond acceptors (Lipinski definition) is 3. The fourth-order valence-electron chi connectivity index (χ4n) is 3.31. The highest BCUT2D eigenvalue weighted by atomic mass is 16.2. The molecule has 0 spiro atoms. The zero-order chi connectivity index (χ0) is 15.6. The monoisotopic (exact) mass is 295 g/mol. The highest BCUT2D eigenvalue weighted by Crippen LogP contribution is 2.30. The van der Waals surface area contributed by atoms with E-state index in [1.807, 2.05) is 13.8 Å². The van der Waals surface area contributed by atoms with Crippen molar-refractivity contribution < 1.29 is 14.4 Å². The molecular formula is C15H25N3O3. The van der Waals surface area contributed by atoms with Gasteiger partial charge in [0.15, 0.2) is 0 Å². The zero-order valence-electron chi connectivity index (χ0n) is 12.9. The molecule has 0 radical (unpaired) electrons. The molecule has 0 aromatic rings. The van der Waals surface area contributed by atoms with E-state index in [4.69, 9.17) is 5.73 Å². The Balaban J connectivity index is 1.98. The number of carbonyl (C=O) groups excluding carboxylic acids is 3. The average molecular weight is 295 g/mol. The van der Waals surface area contributed by atoms with E-state index in [9.17, 15) is 14.4 Å². The highest BCUT2D eigenvalue weighted by molar-refractivity contribution is 5.94. The van der Waals surface area contributed by atoms with E-state index in [0.29, 0.717) is 31.8 Å². The van der Waals surface area contributed by atoms with Crippen LogP contribution in [0.2, 0.25) is 0 Å². The lowest BCUT2D eigenvalue weighted by Gasteiger charge is -2.28. The first-order valence-electron chi connectivity index (χ1n) is 7.74. The Morgan fingerprint density at radius 3 is 2.52 bits per heavy atom. The van der Waals surface area contributed by atoms with Gasteiger partial charge in [-0.2, -0.15) is 0 Å². The van der Waals surface area contributed by atoms with Crippen molar-refractivity contribution in [2.24, 2.45) is 17.6 Å². The number of carbonyl (C=O) groups is 3. The van der Waals surface area contributed by atoms with Gasteiger partial charge in [0.2, 0.25) is 17.7 Å². The summed E-state index contributed by atoms with van der Waals surface area (Å²) < 4.78 is 0. The summed E-state index contributed by atoms with van der Waals surface area (Å²) in [6.45, 7) is 5.20. The molecule has 1 saturated carbocycles. The standard InChI is InChI=1S/C15H25N3O3/c1-10(2)8-18-9-11(7-12(18)19)13(20)17-15(14(16)21)5-3-4-6-15/h10-11H,3-9H2,1-2H3,(H2,16,21)(H,17,20)/t11-/m0/s1. The topological polar surface area (TPSA) is 92.5 Å². The van der Waals surface area contributed by atoms with E-state index in [-0.39, 0.29) is 24.2 Å². The van der Waals surface area contributed by atoms with Crippen LogP contribution in [0.25, 0.3) is 0 Å². The van der Waals surface area contributed by atoms with E-state index < -0.39 is 11.4 Å². The van der Waals surface area contributed by atoms with Gasteiger partial charge in [-0.25, -0.2) is 0 Å². The lowest BCUT2D eigenvalue weighted by atomic mass is 9.95. The van der Waals surface area contributed by atoms with Crippen LogP contribution in [0.1, 0.15) is 46.0 Å². The largest absolute Gasteiger partial charge is 0.368 e. The Hall–Kier alpha value is -1.59. The summed E-state index contributed by atoms with van der Waals surface area (Å²) >= 11 is 0. The maximum absolute atomic E-state index is 12.4. The lowest BCUT2D eigenvalue weighted by Crippen LogP contribution is -2.57. The third-order valence-electron chi connectivity index (χ3n) is 4.46. The van der Waals surface area contributed by atoms with Gasteiger partial charge in [0.05, 0.1) is 5.92 Å². The highest BCUT2D eigenvalue weighted by Gasteiger charge is 2.43. The number of hydrogen-bond donors (Lipinski definition) is 2. The molecule has 0 aromatic heterocycles. The van der Waals surface area contributed by atoms with Crippen molar-refractivity contribution in [3.05, 3.63) is 0 Å². The molecule has 6 heteroatoms. The second-order valence-corrected chi connectivity index (χ2v) is 6.74. The molecule has 21 heavy (non-hydrogen) atoms. The van der Waals surface area contributed by atoms with Crippen molar-refractivity contribution in [3.8, 4) is 0 Å². The van der Waals surface area contributed by atoms with Crippen molar-refractivity contribution in [1.82, 2.24) is 10.2 Å². The molecule has 6 nitrogen and oxygen atoms in total. The zero-order valence-corrected chi connectivity index (χ0v) is 12.9. The van der Waals surface area contributed by atoms with Gasteiger partial charge in [-0.3, -0.25) is 14.4 Å². The summed E-state index contributed by atoms with van der Waals surface area (Å²) in [7, 11) is 0. The van der Waals surface area contributed by atoms with E-state index in [0.717, 1.165) is 12.8 Å². The third-order valence-corrected chi connectivity index (χ3v) is 4.46. The van der Waals surface area contributed by atoms with E-state index >= 15 is 0 Å².